The van der Waals surface area contributed by atoms with Gasteiger partial charge in [0.2, 0.25) is 11.8 Å². The summed E-state index contributed by atoms with van der Waals surface area (Å²) in [6.07, 6.45) is -0.847. The highest BCUT2D eigenvalue weighted by atomic mass is 32.2. The van der Waals surface area contributed by atoms with Crippen LogP contribution in [0.3, 0.4) is 0 Å². The van der Waals surface area contributed by atoms with Gasteiger partial charge in [0.25, 0.3) is 5.91 Å². The van der Waals surface area contributed by atoms with Crippen molar-refractivity contribution < 1.29 is 23.9 Å². The Balaban J connectivity index is 1.47. The zero-order valence-corrected chi connectivity index (χ0v) is 18.9. The third kappa shape index (κ3) is 6.54. The molecule has 174 valence electrons. The van der Waals surface area contributed by atoms with Gasteiger partial charge in [0.1, 0.15) is 17.3 Å². The molecule has 3 amide bonds. The molecule has 6 N–H and O–H groups in total. The fourth-order valence-electron chi connectivity index (χ4n) is 3.05. The molecule has 3 rings (SSSR count). The lowest BCUT2D eigenvalue weighted by Crippen LogP contribution is -2.70. The van der Waals surface area contributed by atoms with Gasteiger partial charge < -0.3 is 26.4 Å². The third-order valence-corrected chi connectivity index (χ3v) is 5.87. The molecule has 0 aliphatic carbocycles. The molecule has 0 aromatic heterocycles. The molecule has 2 aromatic rings. The zero-order chi connectivity index (χ0) is 24.0. The van der Waals surface area contributed by atoms with Crippen LogP contribution in [0.4, 0.5) is 5.69 Å². The highest BCUT2D eigenvalue weighted by Crippen LogP contribution is 2.15. The average molecular weight is 472 g/mol. The summed E-state index contributed by atoms with van der Waals surface area (Å²) < 4.78 is 5.06. The number of amides is 3. The number of hydrogen-bond donors (Lipinski definition) is 5. The van der Waals surface area contributed by atoms with Crippen molar-refractivity contribution in [2.75, 3.05) is 18.2 Å². The summed E-state index contributed by atoms with van der Waals surface area (Å²) in [5.41, 5.74) is 6.92. The molecule has 3 atom stereocenters. The van der Waals surface area contributed by atoms with Crippen molar-refractivity contribution in [3.8, 4) is 5.75 Å². The SMILES string of the molecule is COc1ccc(C(=O)NC2C(=O)NC(SCC(=O)Nc3ccc(C(C)=O)cc3)NC2N)cc1. The number of nitrogens with two attached hydrogens (primary N) is 1. The number of ether oxygens (including phenoxy) is 1. The Bertz CT molecular complexity index is 1030. The van der Waals surface area contributed by atoms with Gasteiger partial charge >= 0.3 is 0 Å². The van der Waals surface area contributed by atoms with Crippen molar-refractivity contribution in [1.82, 2.24) is 16.0 Å². The lowest BCUT2D eigenvalue weighted by Gasteiger charge is -2.35. The molecule has 11 heteroatoms. The number of hydrogen-bond acceptors (Lipinski definition) is 8. The maximum Gasteiger partial charge on any atom is 0.252 e. The van der Waals surface area contributed by atoms with Gasteiger partial charge in [0.05, 0.1) is 19.0 Å². The number of ketones is 1. The summed E-state index contributed by atoms with van der Waals surface area (Å²) in [5, 5.41) is 11.0. The summed E-state index contributed by atoms with van der Waals surface area (Å²) in [6, 6.07) is 12.0. The quantitative estimate of drug-likeness (QED) is 0.352. The van der Waals surface area contributed by atoms with Crippen LogP contribution in [0.5, 0.6) is 5.75 Å². The molecule has 1 heterocycles. The second-order valence-corrected chi connectivity index (χ2v) is 8.35. The topological polar surface area (TPSA) is 152 Å². The molecule has 0 radical (unpaired) electrons. The largest absolute Gasteiger partial charge is 0.497 e. The van der Waals surface area contributed by atoms with E-state index in [1.165, 1.54) is 14.0 Å². The van der Waals surface area contributed by atoms with Crippen molar-refractivity contribution in [2.24, 2.45) is 5.73 Å². The van der Waals surface area contributed by atoms with E-state index in [0.717, 1.165) is 11.8 Å². The Morgan fingerprint density at radius 2 is 1.70 bits per heavy atom. The Morgan fingerprint density at radius 1 is 1.06 bits per heavy atom. The normalized spacial score (nSPS) is 19.8. The van der Waals surface area contributed by atoms with Crippen LogP contribution in [0.2, 0.25) is 0 Å². The minimum atomic E-state index is -0.981. The van der Waals surface area contributed by atoms with Gasteiger partial charge in [-0.2, -0.15) is 0 Å². The zero-order valence-electron chi connectivity index (χ0n) is 18.1. The van der Waals surface area contributed by atoms with Crippen LogP contribution < -0.4 is 31.7 Å². The molecule has 0 spiro atoms. The Kier molecular flexibility index (Phi) is 8.04. The molecule has 1 saturated heterocycles. The van der Waals surface area contributed by atoms with Crippen molar-refractivity contribution in [2.45, 2.75) is 24.6 Å². The van der Waals surface area contributed by atoms with Crippen LogP contribution in [0.15, 0.2) is 48.5 Å². The van der Waals surface area contributed by atoms with E-state index in [2.05, 4.69) is 21.3 Å². The first kappa shape index (κ1) is 24.2. The number of carbonyl (C=O) groups excluding carboxylic acids is 4. The fourth-order valence-corrected chi connectivity index (χ4v) is 3.89. The molecule has 33 heavy (non-hydrogen) atoms. The van der Waals surface area contributed by atoms with Crippen LogP contribution in [0.1, 0.15) is 27.6 Å². The van der Waals surface area contributed by atoms with Crippen molar-refractivity contribution in [1.29, 1.82) is 0 Å². The summed E-state index contributed by atoms with van der Waals surface area (Å²) in [5.74, 6) is -0.593. The summed E-state index contributed by atoms with van der Waals surface area (Å²) in [6.45, 7) is 1.47. The molecule has 1 aliphatic rings. The minimum absolute atomic E-state index is 0.0437. The van der Waals surface area contributed by atoms with Crippen LogP contribution >= 0.6 is 11.8 Å². The predicted octanol–water partition coefficient (Wildman–Crippen LogP) is 0.656. The number of carbonyl (C=O) groups is 4. The van der Waals surface area contributed by atoms with E-state index in [1.807, 2.05) is 0 Å². The number of methoxy groups -OCH3 is 1. The molecule has 0 saturated carbocycles. The number of benzene rings is 2. The van der Waals surface area contributed by atoms with E-state index < -0.39 is 29.5 Å². The molecule has 1 fully saturated rings. The molecule has 1 aliphatic heterocycles. The lowest BCUT2D eigenvalue weighted by molar-refractivity contribution is -0.125. The summed E-state index contributed by atoms with van der Waals surface area (Å²) in [7, 11) is 1.52. The maximum absolute atomic E-state index is 12.5. The summed E-state index contributed by atoms with van der Waals surface area (Å²) >= 11 is 1.15. The van der Waals surface area contributed by atoms with Crippen molar-refractivity contribution in [3.05, 3.63) is 59.7 Å². The van der Waals surface area contributed by atoms with Crippen LogP contribution in [-0.4, -0.2) is 54.1 Å². The van der Waals surface area contributed by atoms with E-state index >= 15 is 0 Å². The van der Waals surface area contributed by atoms with E-state index in [4.69, 9.17) is 10.5 Å². The van der Waals surface area contributed by atoms with E-state index in [1.54, 1.807) is 48.5 Å². The van der Waals surface area contributed by atoms with Gasteiger partial charge in [0, 0.05) is 16.8 Å². The van der Waals surface area contributed by atoms with E-state index in [9.17, 15) is 19.2 Å². The molecule has 0 bridgehead atoms. The second-order valence-electron chi connectivity index (χ2n) is 7.25. The second kappa shape index (κ2) is 10.9. The highest BCUT2D eigenvalue weighted by Gasteiger charge is 2.35. The van der Waals surface area contributed by atoms with Gasteiger partial charge in [-0.05, 0) is 55.5 Å². The van der Waals surface area contributed by atoms with Crippen LogP contribution in [-0.2, 0) is 9.59 Å². The van der Waals surface area contributed by atoms with Gasteiger partial charge in [-0.15, -0.1) is 11.8 Å². The molecular formula is C22H25N5O5S. The Hall–Kier alpha value is -3.41. The maximum atomic E-state index is 12.5. The van der Waals surface area contributed by atoms with Crippen molar-refractivity contribution in [3.63, 3.8) is 0 Å². The third-order valence-electron chi connectivity index (χ3n) is 4.85. The Morgan fingerprint density at radius 3 is 2.27 bits per heavy atom. The average Bonchev–Trinajstić information content (AvgIpc) is 2.80. The number of Topliss-reactive ketones (excluding diaryl/α,β-unsaturated/α-hetero) is 1. The smallest absolute Gasteiger partial charge is 0.252 e. The first-order chi connectivity index (χ1) is 15.8. The first-order valence-electron chi connectivity index (χ1n) is 10.1. The Labute approximate surface area is 195 Å². The highest BCUT2D eigenvalue weighted by molar-refractivity contribution is 8.00. The standard InChI is InChI=1S/C22H25N5O5S/c1-12(28)13-3-7-15(8-4-13)24-17(29)11-33-22-26-19(23)18(21(31)27-22)25-20(30)14-5-9-16(32-2)10-6-14/h3-10,18-19,22,26H,11,23H2,1-2H3,(H,24,29)(H,25,30)(H,27,31). The van der Waals surface area contributed by atoms with Gasteiger partial charge in [-0.3, -0.25) is 24.5 Å². The monoisotopic (exact) mass is 471 g/mol. The number of anilines is 1. The van der Waals surface area contributed by atoms with Crippen molar-refractivity contribution >= 4 is 41.0 Å². The number of rotatable bonds is 8. The van der Waals surface area contributed by atoms with Gasteiger partial charge in [-0.25, -0.2) is 0 Å². The van der Waals surface area contributed by atoms with E-state index in [0.29, 0.717) is 22.6 Å². The lowest BCUT2D eigenvalue weighted by atomic mass is 10.1. The van der Waals surface area contributed by atoms with E-state index in [-0.39, 0.29) is 17.4 Å². The molecule has 2 aromatic carbocycles. The molecular weight excluding hydrogens is 446 g/mol. The molecule has 10 nitrogen and oxygen atoms in total. The first-order valence-corrected chi connectivity index (χ1v) is 11.1. The van der Waals surface area contributed by atoms with Gasteiger partial charge in [0.15, 0.2) is 5.78 Å². The number of thioether (sulfide) groups is 1. The minimum Gasteiger partial charge on any atom is -0.497 e. The van der Waals surface area contributed by atoms with Crippen LogP contribution in [0, 0.1) is 0 Å². The number of nitrogens with one attached hydrogen (secondary N) is 4. The van der Waals surface area contributed by atoms with Gasteiger partial charge in [-0.1, -0.05) is 0 Å². The predicted molar refractivity (Wildman–Crippen MR) is 125 cm³/mol. The fraction of sp³-hybridized carbons (Fsp3) is 0.273. The van der Waals surface area contributed by atoms with Crippen LogP contribution in [0.25, 0.3) is 0 Å². The summed E-state index contributed by atoms with van der Waals surface area (Å²) in [4.78, 5) is 48.5. The molecule has 3 unspecified atom stereocenters.